The fourth-order valence-corrected chi connectivity index (χ4v) is 2.00. The first-order chi connectivity index (χ1) is 8.64. The Bertz CT molecular complexity index is 822. The van der Waals surface area contributed by atoms with Gasteiger partial charge in [0.25, 0.3) is 0 Å². The van der Waals surface area contributed by atoms with Crippen LogP contribution in [0.4, 0.5) is 7.77 Å². The molecule has 0 radical (unpaired) electrons. The van der Waals surface area contributed by atoms with Crippen LogP contribution in [0.1, 0.15) is 0 Å². The lowest BCUT2D eigenvalue weighted by Gasteiger charge is -2.00. The number of fused-ring (bicyclic) bond motifs is 1. The van der Waals surface area contributed by atoms with Crippen LogP contribution < -0.4 is 8.37 Å². The molecule has 0 aliphatic carbocycles. The summed E-state index contributed by atoms with van der Waals surface area (Å²) in [6.07, 6.45) is 0.787. The van der Waals surface area contributed by atoms with Crippen LogP contribution in [-0.4, -0.2) is 16.8 Å². The molecule has 1 aromatic carbocycles. The van der Waals surface area contributed by atoms with E-state index in [2.05, 4.69) is 8.37 Å². The quantitative estimate of drug-likeness (QED) is 0.790. The van der Waals surface area contributed by atoms with Gasteiger partial charge in [-0.3, -0.25) is 0 Å². The van der Waals surface area contributed by atoms with Crippen molar-refractivity contribution in [1.82, 2.24) is 0 Å². The van der Waals surface area contributed by atoms with Crippen molar-refractivity contribution in [2.45, 2.75) is 0 Å². The summed E-state index contributed by atoms with van der Waals surface area (Å²) >= 11 is 0. The number of hydrogen-bond acceptors (Lipinski definition) is 7. The van der Waals surface area contributed by atoms with Gasteiger partial charge in [0.05, 0.1) is 5.39 Å². The van der Waals surface area contributed by atoms with E-state index in [4.69, 9.17) is 4.42 Å². The van der Waals surface area contributed by atoms with E-state index in [0.717, 1.165) is 24.5 Å². The normalized spacial score (nSPS) is 12.5. The van der Waals surface area contributed by atoms with Gasteiger partial charge in [0.1, 0.15) is 17.6 Å². The van der Waals surface area contributed by atoms with Gasteiger partial charge in [-0.1, -0.05) is 7.77 Å². The van der Waals surface area contributed by atoms with Gasteiger partial charge < -0.3 is 12.8 Å². The molecule has 7 nitrogen and oxygen atoms in total. The predicted molar refractivity (Wildman–Crippen MR) is 57.5 cm³/mol. The smallest absolute Gasteiger partial charge is 0.460 e. The second-order valence-electron chi connectivity index (χ2n) is 3.21. The van der Waals surface area contributed by atoms with Gasteiger partial charge in [-0.2, -0.15) is 16.8 Å². The summed E-state index contributed by atoms with van der Waals surface area (Å²) in [6, 6.07) is 3.13. The van der Waals surface area contributed by atoms with E-state index in [0.29, 0.717) is 0 Å². The van der Waals surface area contributed by atoms with Crippen LogP contribution in [0.5, 0.6) is 11.5 Å². The minimum absolute atomic E-state index is 0.0576. The zero-order valence-electron chi connectivity index (χ0n) is 8.74. The Kier molecular flexibility index (Phi) is 3.10. The number of furan rings is 1. The monoisotopic (exact) mass is 314 g/mol. The van der Waals surface area contributed by atoms with Gasteiger partial charge in [-0.05, 0) is 18.2 Å². The summed E-state index contributed by atoms with van der Waals surface area (Å²) < 4.78 is 78.6. The Morgan fingerprint density at radius 3 is 2.21 bits per heavy atom. The van der Waals surface area contributed by atoms with E-state index >= 15 is 0 Å². The Morgan fingerprint density at radius 2 is 1.63 bits per heavy atom. The highest BCUT2D eigenvalue weighted by Crippen LogP contribution is 2.32. The molecule has 2 rings (SSSR count). The molecule has 0 saturated heterocycles. The lowest BCUT2D eigenvalue weighted by molar-refractivity contribution is 0.435. The summed E-state index contributed by atoms with van der Waals surface area (Å²) in [5, 5.41) is -0.109. The lowest BCUT2D eigenvalue weighted by Crippen LogP contribution is -2.02. The molecule has 0 bridgehead atoms. The molecule has 0 spiro atoms. The lowest BCUT2D eigenvalue weighted by atomic mass is 10.2. The van der Waals surface area contributed by atoms with E-state index in [1.54, 1.807) is 0 Å². The molecule has 11 heteroatoms. The summed E-state index contributed by atoms with van der Waals surface area (Å²) in [4.78, 5) is 0. The van der Waals surface area contributed by atoms with Crippen LogP contribution in [0.3, 0.4) is 0 Å². The fraction of sp³-hybridized carbons (Fsp3) is 0. The summed E-state index contributed by atoms with van der Waals surface area (Å²) in [6.45, 7) is 0. The minimum Gasteiger partial charge on any atom is -0.460 e. The van der Waals surface area contributed by atoms with Crippen LogP contribution in [-0.2, 0) is 21.0 Å². The van der Waals surface area contributed by atoms with Crippen molar-refractivity contribution in [3.8, 4) is 11.5 Å². The van der Waals surface area contributed by atoms with E-state index in [1.165, 1.54) is 0 Å². The first-order valence-electron chi connectivity index (χ1n) is 4.43. The Balaban J connectivity index is 2.48. The number of rotatable bonds is 4. The van der Waals surface area contributed by atoms with Crippen molar-refractivity contribution in [1.29, 1.82) is 0 Å². The number of halogens is 2. The van der Waals surface area contributed by atoms with E-state index < -0.39 is 32.5 Å². The third-order valence-corrected chi connectivity index (χ3v) is 2.66. The molecule has 0 fully saturated rings. The molecular formula is C8H4F2O7S2. The van der Waals surface area contributed by atoms with Crippen molar-refractivity contribution >= 4 is 32.0 Å². The second-order valence-corrected chi connectivity index (χ2v) is 5.12. The molecular weight excluding hydrogens is 310 g/mol. The van der Waals surface area contributed by atoms with Gasteiger partial charge in [0.2, 0.25) is 0 Å². The third kappa shape index (κ3) is 3.54. The molecule has 0 atom stereocenters. The second kappa shape index (κ2) is 4.35. The SMILES string of the molecule is O=S(=O)(F)Oc1ccc2occ(OS(=O)(=O)F)c2c1. The third-order valence-electron chi connectivity index (χ3n) is 1.89. The molecule has 0 unspecified atom stereocenters. The molecule has 0 saturated carbocycles. The Morgan fingerprint density at radius 1 is 1.00 bits per heavy atom. The maximum absolute atomic E-state index is 12.4. The molecule has 104 valence electrons. The number of hydrogen-bond donors (Lipinski definition) is 0. The topological polar surface area (TPSA) is 99.9 Å². The van der Waals surface area contributed by atoms with Crippen LogP contribution in [0.15, 0.2) is 28.9 Å². The van der Waals surface area contributed by atoms with Crippen molar-refractivity contribution in [2.24, 2.45) is 0 Å². The van der Waals surface area contributed by atoms with Gasteiger partial charge in [0.15, 0.2) is 5.75 Å². The van der Waals surface area contributed by atoms with E-state index in [-0.39, 0.29) is 11.0 Å². The van der Waals surface area contributed by atoms with Crippen molar-refractivity contribution in [3.05, 3.63) is 24.5 Å². The zero-order valence-corrected chi connectivity index (χ0v) is 10.4. The highest BCUT2D eigenvalue weighted by atomic mass is 32.3. The highest BCUT2D eigenvalue weighted by molar-refractivity contribution is 7.82. The molecule has 2 aromatic rings. The van der Waals surface area contributed by atoms with Gasteiger partial charge in [0, 0.05) is 0 Å². The van der Waals surface area contributed by atoms with Gasteiger partial charge in [-0.15, -0.1) is 0 Å². The predicted octanol–water partition coefficient (Wildman–Crippen LogP) is 1.62. The number of benzene rings is 1. The standard InChI is InChI=1S/C8H4F2O7S2/c9-18(11,12)16-5-1-2-7-6(3-5)8(4-15-7)17-19(10,13)14/h1-4H. The van der Waals surface area contributed by atoms with Crippen LogP contribution >= 0.6 is 0 Å². The molecule has 1 aromatic heterocycles. The Hall–Kier alpha value is -1.88. The molecule has 0 aliphatic heterocycles. The average Bonchev–Trinajstić information content (AvgIpc) is 2.56. The summed E-state index contributed by atoms with van der Waals surface area (Å²) in [5.74, 6) is -0.989. The fourth-order valence-electron chi connectivity index (χ4n) is 1.32. The van der Waals surface area contributed by atoms with Crippen LogP contribution in [0, 0.1) is 0 Å². The van der Waals surface area contributed by atoms with Gasteiger partial charge in [-0.25, -0.2) is 0 Å². The average molecular weight is 314 g/mol. The van der Waals surface area contributed by atoms with Gasteiger partial charge >= 0.3 is 21.0 Å². The maximum atomic E-state index is 12.4. The van der Waals surface area contributed by atoms with Crippen LogP contribution in [0.2, 0.25) is 0 Å². The summed E-state index contributed by atoms with van der Waals surface area (Å²) in [5.41, 5.74) is 0.0576. The van der Waals surface area contributed by atoms with Crippen LogP contribution in [0.25, 0.3) is 11.0 Å². The molecule has 19 heavy (non-hydrogen) atoms. The zero-order chi connectivity index (χ0) is 14.3. The molecule has 1 heterocycles. The highest BCUT2D eigenvalue weighted by Gasteiger charge is 2.17. The molecule has 0 N–H and O–H groups in total. The van der Waals surface area contributed by atoms with Crippen molar-refractivity contribution < 1.29 is 37.4 Å². The van der Waals surface area contributed by atoms with Crippen molar-refractivity contribution in [2.75, 3.05) is 0 Å². The maximum Gasteiger partial charge on any atom is 0.488 e. The van der Waals surface area contributed by atoms with Crippen molar-refractivity contribution in [3.63, 3.8) is 0 Å². The summed E-state index contributed by atoms with van der Waals surface area (Å²) in [7, 11) is -10.5. The molecule has 0 amide bonds. The first-order valence-corrected chi connectivity index (χ1v) is 7.05. The first kappa shape index (κ1) is 13.5. The molecule has 0 aliphatic rings. The Labute approximate surface area is 106 Å². The van der Waals surface area contributed by atoms with E-state index in [1.807, 2.05) is 0 Å². The largest absolute Gasteiger partial charge is 0.488 e. The minimum atomic E-state index is -5.28. The van der Waals surface area contributed by atoms with E-state index in [9.17, 15) is 24.6 Å².